The molecule has 0 aliphatic heterocycles. The van der Waals surface area contributed by atoms with Crippen LogP contribution in [0.15, 0.2) is 95.5 Å². The van der Waals surface area contributed by atoms with E-state index in [0.29, 0.717) is 0 Å². The number of fused-ring (bicyclic) bond motifs is 2. The molecular weight excluding hydrogens is 410 g/mol. The highest BCUT2D eigenvalue weighted by atomic mass is 79.9. The molecule has 134 valence electrons. The average molecular weight is 426 g/mol. The van der Waals surface area contributed by atoms with E-state index in [0.717, 1.165) is 48.5 Å². The lowest BCUT2D eigenvalue weighted by molar-refractivity contribution is 0.483. The van der Waals surface area contributed by atoms with Crippen LogP contribution in [0.25, 0.3) is 44.1 Å². The molecule has 0 saturated heterocycles. The maximum Gasteiger partial charge on any atom is 0.132 e. The number of pyridine rings is 1. The van der Waals surface area contributed by atoms with Gasteiger partial charge in [0.1, 0.15) is 5.75 Å². The fourth-order valence-corrected chi connectivity index (χ4v) is 4.02. The van der Waals surface area contributed by atoms with E-state index in [1.807, 2.05) is 66.7 Å². The van der Waals surface area contributed by atoms with Crippen LogP contribution in [0.2, 0.25) is 0 Å². The van der Waals surface area contributed by atoms with Gasteiger partial charge >= 0.3 is 0 Å². The molecule has 0 atom stereocenters. The van der Waals surface area contributed by atoms with Crippen molar-refractivity contribution in [1.82, 2.24) is 4.98 Å². The van der Waals surface area contributed by atoms with Crippen molar-refractivity contribution in [2.24, 2.45) is 0 Å². The maximum absolute atomic E-state index is 10.9. The third-order valence-corrected chi connectivity index (χ3v) is 5.53. The number of aromatic nitrogens is 1. The third-order valence-electron chi connectivity index (χ3n) is 5.03. The van der Waals surface area contributed by atoms with Gasteiger partial charge in [-0.1, -0.05) is 76.6 Å². The number of rotatable bonds is 2. The van der Waals surface area contributed by atoms with Crippen molar-refractivity contribution in [3.05, 3.63) is 95.5 Å². The van der Waals surface area contributed by atoms with E-state index in [2.05, 4.69) is 40.2 Å². The molecule has 0 amide bonds. The molecule has 0 aliphatic carbocycles. The Balaban J connectivity index is 1.82. The van der Waals surface area contributed by atoms with Crippen LogP contribution in [0, 0.1) is 0 Å². The highest BCUT2D eigenvalue weighted by Gasteiger charge is 2.14. The Labute approximate surface area is 171 Å². The van der Waals surface area contributed by atoms with Gasteiger partial charge in [0.15, 0.2) is 0 Å². The molecule has 1 heterocycles. The Hall–Kier alpha value is -3.17. The predicted octanol–water partition coefficient (Wildman–Crippen LogP) is 7.19. The Morgan fingerprint density at radius 1 is 0.679 bits per heavy atom. The Bertz CT molecular complexity index is 1330. The van der Waals surface area contributed by atoms with Crippen molar-refractivity contribution < 1.29 is 5.11 Å². The standard InChI is InChI=1S/C25H16BrNO/c26-18-11-13-23-22(14-18)21(16-6-2-1-3-7-16)15-24(27-23)20-12-10-17-8-4-5-9-19(17)25(20)28/h1-15,28H. The lowest BCUT2D eigenvalue weighted by Crippen LogP contribution is -1.91. The molecule has 28 heavy (non-hydrogen) atoms. The van der Waals surface area contributed by atoms with Crippen LogP contribution < -0.4 is 0 Å². The molecule has 1 N–H and O–H groups in total. The van der Waals surface area contributed by atoms with Crippen LogP contribution in [-0.2, 0) is 0 Å². The van der Waals surface area contributed by atoms with E-state index in [1.165, 1.54) is 0 Å². The van der Waals surface area contributed by atoms with Gasteiger partial charge in [-0.2, -0.15) is 0 Å². The van der Waals surface area contributed by atoms with Crippen LogP contribution in [-0.4, -0.2) is 10.1 Å². The van der Waals surface area contributed by atoms with Gasteiger partial charge in [-0.25, -0.2) is 4.98 Å². The van der Waals surface area contributed by atoms with Gasteiger partial charge < -0.3 is 5.11 Å². The Morgan fingerprint density at radius 2 is 1.46 bits per heavy atom. The molecule has 4 aromatic carbocycles. The number of hydrogen-bond donors (Lipinski definition) is 1. The lowest BCUT2D eigenvalue weighted by Gasteiger charge is -2.13. The topological polar surface area (TPSA) is 33.1 Å². The van der Waals surface area contributed by atoms with Gasteiger partial charge in [0.05, 0.1) is 11.2 Å². The van der Waals surface area contributed by atoms with Crippen molar-refractivity contribution in [2.45, 2.75) is 0 Å². The zero-order valence-corrected chi connectivity index (χ0v) is 16.5. The van der Waals surface area contributed by atoms with E-state index >= 15 is 0 Å². The molecule has 0 aliphatic rings. The zero-order chi connectivity index (χ0) is 19.1. The largest absolute Gasteiger partial charge is 0.507 e. The van der Waals surface area contributed by atoms with Crippen LogP contribution in [0.4, 0.5) is 0 Å². The Kier molecular flexibility index (Phi) is 4.10. The minimum absolute atomic E-state index is 0.265. The summed E-state index contributed by atoms with van der Waals surface area (Å²) < 4.78 is 1.01. The molecule has 0 spiro atoms. The maximum atomic E-state index is 10.9. The fraction of sp³-hybridized carbons (Fsp3) is 0. The van der Waals surface area contributed by atoms with Gasteiger partial charge in [0, 0.05) is 20.8 Å². The Morgan fingerprint density at radius 3 is 2.32 bits per heavy atom. The number of halogens is 1. The van der Waals surface area contributed by atoms with Crippen LogP contribution in [0.1, 0.15) is 0 Å². The number of hydrogen-bond acceptors (Lipinski definition) is 2. The molecule has 5 rings (SSSR count). The summed E-state index contributed by atoms with van der Waals surface area (Å²) in [6.07, 6.45) is 0. The molecule has 0 radical (unpaired) electrons. The SMILES string of the molecule is Oc1c(-c2cc(-c3ccccc3)c3cc(Br)ccc3n2)ccc2ccccc12. The van der Waals surface area contributed by atoms with Crippen molar-refractivity contribution in [3.8, 4) is 28.1 Å². The molecule has 1 aromatic heterocycles. The minimum Gasteiger partial charge on any atom is -0.507 e. The van der Waals surface area contributed by atoms with Crippen LogP contribution in [0.5, 0.6) is 5.75 Å². The zero-order valence-electron chi connectivity index (χ0n) is 14.9. The molecule has 0 bridgehead atoms. The molecule has 0 saturated carbocycles. The molecule has 0 fully saturated rings. The first-order valence-electron chi connectivity index (χ1n) is 9.07. The predicted molar refractivity (Wildman–Crippen MR) is 119 cm³/mol. The summed E-state index contributed by atoms with van der Waals surface area (Å²) in [6, 6.07) is 30.2. The fourth-order valence-electron chi connectivity index (χ4n) is 3.65. The smallest absolute Gasteiger partial charge is 0.132 e. The van der Waals surface area contributed by atoms with Gasteiger partial charge in [0.25, 0.3) is 0 Å². The van der Waals surface area contributed by atoms with Crippen molar-refractivity contribution in [1.29, 1.82) is 0 Å². The summed E-state index contributed by atoms with van der Waals surface area (Å²) in [5, 5.41) is 13.9. The number of aromatic hydroxyl groups is 1. The van der Waals surface area contributed by atoms with E-state index < -0.39 is 0 Å². The summed E-state index contributed by atoms with van der Waals surface area (Å²) in [7, 11) is 0. The van der Waals surface area contributed by atoms with E-state index in [1.54, 1.807) is 0 Å². The lowest BCUT2D eigenvalue weighted by atomic mass is 9.97. The number of nitrogens with zero attached hydrogens (tertiary/aromatic N) is 1. The second-order valence-electron chi connectivity index (χ2n) is 6.77. The summed E-state index contributed by atoms with van der Waals surface area (Å²) in [5.74, 6) is 0.265. The van der Waals surface area contributed by atoms with Crippen LogP contribution in [0.3, 0.4) is 0 Å². The van der Waals surface area contributed by atoms with Crippen molar-refractivity contribution in [2.75, 3.05) is 0 Å². The monoisotopic (exact) mass is 425 g/mol. The summed E-state index contributed by atoms with van der Waals surface area (Å²) in [4.78, 5) is 4.86. The second kappa shape index (κ2) is 6.77. The van der Waals surface area contributed by atoms with E-state index in [9.17, 15) is 5.11 Å². The quantitative estimate of drug-likeness (QED) is 0.324. The van der Waals surface area contributed by atoms with Gasteiger partial charge in [-0.05, 0) is 46.8 Å². The first kappa shape index (κ1) is 17.0. The van der Waals surface area contributed by atoms with Gasteiger partial charge in [-0.15, -0.1) is 0 Å². The number of benzene rings is 4. The average Bonchev–Trinajstić information content (AvgIpc) is 2.74. The second-order valence-corrected chi connectivity index (χ2v) is 7.68. The van der Waals surface area contributed by atoms with Crippen LogP contribution >= 0.6 is 15.9 Å². The van der Waals surface area contributed by atoms with E-state index in [4.69, 9.17) is 4.98 Å². The summed E-state index contributed by atoms with van der Waals surface area (Å²) in [6.45, 7) is 0. The molecular formula is C25H16BrNO. The first-order valence-corrected chi connectivity index (χ1v) is 9.87. The summed E-state index contributed by atoms with van der Waals surface area (Å²) >= 11 is 3.57. The first-order chi connectivity index (χ1) is 13.7. The van der Waals surface area contributed by atoms with E-state index in [-0.39, 0.29) is 5.75 Å². The third kappa shape index (κ3) is 2.85. The van der Waals surface area contributed by atoms with Crippen molar-refractivity contribution in [3.63, 3.8) is 0 Å². The highest BCUT2D eigenvalue weighted by Crippen LogP contribution is 2.39. The number of phenolic OH excluding ortho intramolecular Hbond substituents is 1. The number of phenols is 1. The summed E-state index contributed by atoms with van der Waals surface area (Å²) in [5.41, 5.74) is 4.61. The molecule has 5 aromatic rings. The molecule has 3 heteroatoms. The normalized spacial score (nSPS) is 11.2. The van der Waals surface area contributed by atoms with Gasteiger partial charge in [-0.3, -0.25) is 0 Å². The molecule has 2 nitrogen and oxygen atoms in total. The minimum atomic E-state index is 0.265. The van der Waals surface area contributed by atoms with Gasteiger partial charge in [0.2, 0.25) is 0 Å². The molecule has 0 unspecified atom stereocenters. The van der Waals surface area contributed by atoms with Crippen molar-refractivity contribution >= 4 is 37.6 Å². The highest BCUT2D eigenvalue weighted by molar-refractivity contribution is 9.10.